The molecule has 0 aromatic heterocycles. The van der Waals surface area contributed by atoms with Crippen molar-refractivity contribution in [1.82, 2.24) is 10.2 Å². The Kier molecular flexibility index (Phi) is 8.71. The van der Waals surface area contributed by atoms with Crippen LogP contribution in [0.15, 0.2) is 5.11 Å². The Morgan fingerprint density at radius 1 is 1.55 bits per heavy atom. The number of rotatable bonds is 8. The van der Waals surface area contributed by atoms with Gasteiger partial charge in [-0.05, 0) is 46.3 Å². The van der Waals surface area contributed by atoms with Crippen LogP contribution in [0.25, 0.3) is 10.4 Å². The third-order valence-electron chi connectivity index (χ3n) is 2.26. The summed E-state index contributed by atoms with van der Waals surface area (Å²) < 4.78 is 5.06. The third-order valence-corrected chi connectivity index (χ3v) is 2.26. The topological polar surface area (TPSA) is 111 Å². The SMILES string of the molecule is CN(CCCN=[N+]=[N-])C[C@H](O)CNC(=O)OC(C)(C)C. The van der Waals surface area contributed by atoms with E-state index in [1.54, 1.807) is 20.8 Å². The molecule has 0 fully saturated rings. The molecule has 0 aliphatic carbocycles. The van der Waals surface area contributed by atoms with Gasteiger partial charge >= 0.3 is 6.09 Å². The van der Waals surface area contributed by atoms with Gasteiger partial charge in [0.2, 0.25) is 0 Å². The molecule has 0 spiro atoms. The molecule has 8 heteroatoms. The van der Waals surface area contributed by atoms with E-state index in [0.717, 1.165) is 6.42 Å². The molecule has 0 aliphatic rings. The predicted molar refractivity (Wildman–Crippen MR) is 76.4 cm³/mol. The van der Waals surface area contributed by atoms with Gasteiger partial charge in [0.25, 0.3) is 0 Å². The lowest BCUT2D eigenvalue weighted by Crippen LogP contribution is -2.41. The molecule has 0 aromatic carbocycles. The van der Waals surface area contributed by atoms with Crippen molar-refractivity contribution in [3.05, 3.63) is 10.4 Å². The summed E-state index contributed by atoms with van der Waals surface area (Å²) in [5.41, 5.74) is 7.58. The molecular weight excluding hydrogens is 262 g/mol. The normalized spacial score (nSPS) is 12.7. The minimum Gasteiger partial charge on any atom is -0.444 e. The van der Waals surface area contributed by atoms with Crippen LogP contribution in [0.3, 0.4) is 0 Å². The molecule has 0 rings (SSSR count). The van der Waals surface area contributed by atoms with Crippen molar-refractivity contribution in [1.29, 1.82) is 0 Å². The van der Waals surface area contributed by atoms with Crippen LogP contribution < -0.4 is 5.32 Å². The number of likely N-dealkylation sites (N-methyl/N-ethyl adjacent to an activating group) is 1. The maximum absolute atomic E-state index is 11.4. The van der Waals surface area contributed by atoms with E-state index in [1.165, 1.54) is 0 Å². The van der Waals surface area contributed by atoms with Crippen molar-refractivity contribution in [3.63, 3.8) is 0 Å². The molecule has 0 saturated heterocycles. The van der Waals surface area contributed by atoms with Crippen LogP contribution >= 0.6 is 0 Å². The van der Waals surface area contributed by atoms with Crippen LogP contribution in [-0.4, -0.2) is 61.0 Å². The van der Waals surface area contributed by atoms with Gasteiger partial charge < -0.3 is 20.1 Å². The number of nitrogens with zero attached hydrogens (tertiary/aromatic N) is 4. The monoisotopic (exact) mass is 287 g/mol. The summed E-state index contributed by atoms with van der Waals surface area (Å²) in [5.74, 6) is 0. The number of amides is 1. The minimum absolute atomic E-state index is 0.135. The molecule has 0 unspecified atom stereocenters. The number of azide groups is 1. The zero-order chi connectivity index (χ0) is 15.6. The molecule has 0 saturated carbocycles. The molecule has 0 aliphatic heterocycles. The van der Waals surface area contributed by atoms with Crippen LogP contribution in [0.2, 0.25) is 0 Å². The summed E-state index contributed by atoms with van der Waals surface area (Å²) in [5, 5.41) is 15.7. The van der Waals surface area contributed by atoms with E-state index in [2.05, 4.69) is 15.3 Å². The summed E-state index contributed by atoms with van der Waals surface area (Å²) in [6.45, 7) is 7.04. The van der Waals surface area contributed by atoms with Crippen molar-refractivity contribution in [2.24, 2.45) is 5.11 Å². The Bertz CT molecular complexity index is 336. The number of hydrogen-bond donors (Lipinski definition) is 2. The Hall–Kier alpha value is -1.50. The Morgan fingerprint density at radius 2 is 2.20 bits per heavy atom. The van der Waals surface area contributed by atoms with E-state index in [0.29, 0.717) is 19.6 Å². The molecule has 20 heavy (non-hydrogen) atoms. The second-order valence-electron chi connectivity index (χ2n) is 5.61. The van der Waals surface area contributed by atoms with Gasteiger partial charge in [-0.3, -0.25) is 0 Å². The summed E-state index contributed by atoms with van der Waals surface area (Å²) in [6, 6.07) is 0. The lowest BCUT2D eigenvalue weighted by atomic mass is 10.2. The molecule has 8 nitrogen and oxygen atoms in total. The maximum atomic E-state index is 11.4. The van der Waals surface area contributed by atoms with Crippen molar-refractivity contribution < 1.29 is 14.6 Å². The Morgan fingerprint density at radius 3 is 2.75 bits per heavy atom. The highest BCUT2D eigenvalue weighted by Gasteiger charge is 2.17. The highest BCUT2D eigenvalue weighted by molar-refractivity contribution is 5.67. The highest BCUT2D eigenvalue weighted by atomic mass is 16.6. The molecule has 2 N–H and O–H groups in total. The summed E-state index contributed by atoms with van der Waals surface area (Å²) in [6.07, 6.45) is -0.484. The van der Waals surface area contributed by atoms with Gasteiger partial charge in [0.1, 0.15) is 5.60 Å². The number of ether oxygens (including phenoxy) is 1. The first-order valence-corrected chi connectivity index (χ1v) is 6.59. The van der Waals surface area contributed by atoms with E-state index < -0.39 is 17.8 Å². The summed E-state index contributed by atoms with van der Waals surface area (Å²) in [4.78, 5) is 16.0. The van der Waals surface area contributed by atoms with Crippen molar-refractivity contribution in [2.75, 3.05) is 33.2 Å². The number of carbonyl (C=O) groups is 1. The number of aliphatic hydroxyl groups is 1. The lowest BCUT2D eigenvalue weighted by Gasteiger charge is -2.22. The molecule has 0 radical (unpaired) electrons. The van der Waals surface area contributed by atoms with Gasteiger partial charge in [0.05, 0.1) is 6.10 Å². The van der Waals surface area contributed by atoms with E-state index >= 15 is 0 Å². The van der Waals surface area contributed by atoms with Crippen LogP contribution in [0, 0.1) is 0 Å². The number of carbonyl (C=O) groups excluding carboxylic acids is 1. The summed E-state index contributed by atoms with van der Waals surface area (Å²) >= 11 is 0. The fourth-order valence-electron chi connectivity index (χ4n) is 1.49. The van der Waals surface area contributed by atoms with E-state index in [-0.39, 0.29) is 6.54 Å². The van der Waals surface area contributed by atoms with E-state index in [1.807, 2.05) is 11.9 Å². The number of alkyl carbamates (subject to hydrolysis) is 1. The quantitative estimate of drug-likeness (QED) is 0.305. The molecule has 0 aromatic rings. The van der Waals surface area contributed by atoms with Crippen LogP contribution in [0.4, 0.5) is 4.79 Å². The van der Waals surface area contributed by atoms with Crippen LogP contribution in [0.5, 0.6) is 0 Å². The first-order valence-electron chi connectivity index (χ1n) is 6.59. The van der Waals surface area contributed by atoms with Gasteiger partial charge in [-0.25, -0.2) is 4.79 Å². The third kappa shape index (κ3) is 11.6. The van der Waals surface area contributed by atoms with Gasteiger partial charge in [0, 0.05) is 24.5 Å². The maximum Gasteiger partial charge on any atom is 0.407 e. The van der Waals surface area contributed by atoms with Crippen molar-refractivity contribution in [2.45, 2.75) is 38.9 Å². The fraction of sp³-hybridized carbons (Fsp3) is 0.917. The molecule has 1 atom stereocenters. The standard InChI is InChI=1S/C12H25N5O3/c1-12(2,3)20-11(19)14-8-10(18)9-17(4)7-5-6-15-16-13/h10,18H,5-9H2,1-4H3,(H,14,19)/t10-/m1/s1. The van der Waals surface area contributed by atoms with E-state index in [4.69, 9.17) is 10.3 Å². The zero-order valence-electron chi connectivity index (χ0n) is 12.7. The van der Waals surface area contributed by atoms with Gasteiger partial charge in [-0.2, -0.15) is 0 Å². The smallest absolute Gasteiger partial charge is 0.407 e. The first kappa shape index (κ1) is 18.5. The lowest BCUT2D eigenvalue weighted by molar-refractivity contribution is 0.0475. The van der Waals surface area contributed by atoms with Crippen molar-refractivity contribution in [3.8, 4) is 0 Å². The average Bonchev–Trinajstić information content (AvgIpc) is 2.30. The Labute approximate surface area is 119 Å². The average molecular weight is 287 g/mol. The zero-order valence-corrected chi connectivity index (χ0v) is 12.7. The van der Waals surface area contributed by atoms with Crippen molar-refractivity contribution >= 4 is 6.09 Å². The Balaban J connectivity index is 3.79. The molecule has 0 heterocycles. The number of nitrogens with one attached hydrogen (secondary N) is 1. The molecule has 0 bridgehead atoms. The van der Waals surface area contributed by atoms with Gasteiger partial charge in [0.15, 0.2) is 0 Å². The number of hydrogen-bond acceptors (Lipinski definition) is 5. The van der Waals surface area contributed by atoms with Gasteiger partial charge in [-0.15, -0.1) is 0 Å². The van der Waals surface area contributed by atoms with E-state index in [9.17, 15) is 9.90 Å². The van der Waals surface area contributed by atoms with Gasteiger partial charge in [-0.1, -0.05) is 5.11 Å². The first-order chi connectivity index (χ1) is 9.24. The largest absolute Gasteiger partial charge is 0.444 e. The predicted octanol–water partition coefficient (Wildman–Crippen LogP) is 1.50. The summed E-state index contributed by atoms with van der Waals surface area (Å²) in [7, 11) is 1.85. The van der Waals surface area contributed by atoms with Crippen LogP contribution in [-0.2, 0) is 4.74 Å². The second kappa shape index (κ2) is 9.41. The molecule has 1 amide bonds. The highest BCUT2D eigenvalue weighted by Crippen LogP contribution is 2.06. The molecular formula is C12H25N5O3. The number of aliphatic hydroxyl groups excluding tert-OH is 1. The minimum atomic E-state index is -0.674. The fourth-order valence-corrected chi connectivity index (χ4v) is 1.49. The molecule has 116 valence electrons. The second-order valence-corrected chi connectivity index (χ2v) is 5.61. The van der Waals surface area contributed by atoms with Crippen LogP contribution in [0.1, 0.15) is 27.2 Å².